The summed E-state index contributed by atoms with van der Waals surface area (Å²) in [4.78, 5) is 32.5. The van der Waals surface area contributed by atoms with Gasteiger partial charge in [0.25, 0.3) is 11.1 Å². The third kappa shape index (κ3) is 5.92. The van der Waals surface area contributed by atoms with E-state index in [0.717, 1.165) is 27.5 Å². The summed E-state index contributed by atoms with van der Waals surface area (Å²) in [5.41, 5.74) is 3.09. The van der Waals surface area contributed by atoms with Crippen molar-refractivity contribution in [2.24, 2.45) is 14.1 Å². The van der Waals surface area contributed by atoms with Crippen molar-refractivity contribution < 1.29 is 23.3 Å². The second kappa shape index (κ2) is 12.9. The molecule has 0 saturated heterocycles. The lowest BCUT2D eigenvalue weighted by Crippen LogP contribution is -2.16. The van der Waals surface area contributed by atoms with Crippen molar-refractivity contribution in [1.29, 1.82) is 0 Å². The Morgan fingerprint density at radius 3 is 1.42 bits per heavy atom. The summed E-state index contributed by atoms with van der Waals surface area (Å²) in [6.07, 6.45) is 9.94. The van der Waals surface area contributed by atoms with Crippen LogP contribution in [-0.4, -0.2) is 47.5 Å². The number of halogens is 1. The first-order valence-electron chi connectivity index (χ1n) is 13.7. The van der Waals surface area contributed by atoms with Crippen LogP contribution >= 0.6 is 0 Å². The normalized spacial score (nSPS) is 10.7. The molecule has 0 atom stereocenters. The maximum absolute atomic E-state index is 14.1. The zero-order valence-corrected chi connectivity index (χ0v) is 25.6. The number of hydrogen-bond acceptors (Lipinski definition) is 8. The Bertz CT molecular complexity index is 2110. The third-order valence-electron chi connectivity index (χ3n) is 7.39. The molecule has 0 fully saturated rings. The number of fused-ring (bicyclic) bond motifs is 2. The van der Waals surface area contributed by atoms with Crippen LogP contribution in [0.2, 0.25) is 0 Å². The van der Waals surface area contributed by atoms with E-state index in [0.29, 0.717) is 27.8 Å². The molecule has 4 aromatic heterocycles. The molecule has 45 heavy (non-hydrogen) atoms. The summed E-state index contributed by atoms with van der Waals surface area (Å²) < 4.78 is 38.0. The van der Waals surface area contributed by atoms with Gasteiger partial charge in [-0.15, -0.1) is 0 Å². The van der Waals surface area contributed by atoms with Crippen LogP contribution in [0, 0.1) is 5.82 Å². The number of hydrogen-bond donors (Lipinski definition) is 0. The highest BCUT2D eigenvalue weighted by atomic mass is 19.1. The van der Waals surface area contributed by atoms with E-state index in [1.807, 2.05) is 30.5 Å². The number of ether oxygens (including phenoxy) is 4. The van der Waals surface area contributed by atoms with Crippen molar-refractivity contribution in [2.75, 3.05) is 28.4 Å². The average Bonchev–Trinajstić information content (AvgIpc) is 3.08. The lowest BCUT2D eigenvalue weighted by molar-refractivity contribution is 0.351. The summed E-state index contributed by atoms with van der Waals surface area (Å²) in [5.74, 6) is 0.996. The SMILES string of the molecule is COc1cc(-c2cn(C)c(=O)c3cnccc23)cc(OC)c1F.COc1cc(OC)cc(-c2cn(C)c(=O)c3cnccc23)c1. The predicted molar refractivity (Wildman–Crippen MR) is 171 cm³/mol. The summed E-state index contributed by atoms with van der Waals surface area (Å²) in [7, 11) is 9.41. The van der Waals surface area contributed by atoms with E-state index in [1.165, 1.54) is 25.0 Å². The van der Waals surface area contributed by atoms with Gasteiger partial charge in [0.2, 0.25) is 5.82 Å². The Labute approximate surface area is 257 Å². The van der Waals surface area contributed by atoms with Gasteiger partial charge in [-0.2, -0.15) is 4.39 Å². The highest BCUT2D eigenvalue weighted by molar-refractivity contribution is 5.96. The van der Waals surface area contributed by atoms with E-state index in [1.54, 1.807) is 75.9 Å². The predicted octanol–water partition coefficient (Wildman–Crippen LogP) is 5.37. The topological polar surface area (TPSA) is 107 Å². The number of nitrogens with zero attached hydrogens (tertiary/aromatic N) is 4. The second-order valence-electron chi connectivity index (χ2n) is 10.1. The van der Waals surface area contributed by atoms with Crippen LogP contribution in [0.5, 0.6) is 23.0 Å². The third-order valence-corrected chi connectivity index (χ3v) is 7.39. The molecule has 6 rings (SSSR count). The first-order valence-corrected chi connectivity index (χ1v) is 13.7. The fourth-order valence-electron chi connectivity index (χ4n) is 5.07. The fourth-order valence-corrected chi connectivity index (χ4v) is 5.07. The van der Waals surface area contributed by atoms with Crippen molar-refractivity contribution in [1.82, 2.24) is 19.1 Å². The van der Waals surface area contributed by atoms with Gasteiger partial charge in [-0.05, 0) is 58.3 Å². The molecule has 0 spiro atoms. The molecule has 6 aromatic rings. The van der Waals surface area contributed by atoms with Crippen LogP contribution in [0.25, 0.3) is 43.8 Å². The highest BCUT2D eigenvalue weighted by Gasteiger charge is 2.16. The van der Waals surface area contributed by atoms with E-state index in [4.69, 9.17) is 18.9 Å². The Morgan fingerprint density at radius 2 is 1.02 bits per heavy atom. The number of aryl methyl sites for hydroxylation is 2. The number of pyridine rings is 4. The van der Waals surface area contributed by atoms with Crippen molar-refractivity contribution in [3.63, 3.8) is 0 Å². The van der Waals surface area contributed by atoms with Gasteiger partial charge in [-0.1, -0.05) is 0 Å². The van der Waals surface area contributed by atoms with Crippen LogP contribution in [0.15, 0.2) is 89.2 Å². The number of methoxy groups -OCH3 is 4. The van der Waals surface area contributed by atoms with Gasteiger partial charge in [-0.25, -0.2) is 0 Å². The van der Waals surface area contributed by atoms with Gasteiger partial charge in [0, 0.05) is 68.5 Å². The molecule has 11 heteroatoms. The minimum atomic E-state index is -0.561. The van der Waals surface area contributed by atoms with Crippen LogP contribution in [-0.2, 0) is 14.1 Å². The molecule has 0 unspecified atom stereocenters. The lowest BCUT2D eigenvalue weighted by atomic mass is 10.0. The van der Waals surface area contributed by atoms with Gasteiger partial charge >= 0.3 is 0 Å². The van der Waals surface area contributed by atoms with Gasteiger partial charge in [0.1, 0.15) is 11.5 Å². The summed E-state index contributed by atoms with van der Waals surface area (Å²) in [6, 6.07) is 12.4. The Balaban J connectivity index is 0.000000178. The van der Waals surface area contributed by atoms with Gasteiger partial charge in [0.05, 0.1) is 39.2 Å². The number of benzene rings is 2. The molecule has 0 amide bonds. The van der Waals surface area contributed by atoms with Crippen molar-refractivity contribution in [2.45, 2.75) is 0 Å². The Hall–Kier alpha value is -5.71. The fraction of sp³-hybridized carbons (Fsp3) is 0.176. The molecule has 4 heterocycles. The van der Waals surface area contributed by atoms with Crippen LogP contribution in [0.4, 0.5) is 4.39 Å². The molecular weight excluding hydrogens is 579 g/mol. The van der Waals surface area contributed by atoms with Crippen LogP contribution < -0.4 is 30.1 Å². The van der Waals surface area contributed by atoms with E-state index >= 15 is 0 Å². The van der Waals surface area contributed by atoms with Crippen molar-refractivity contribution >= 4 is 21.5 Å². The lowest BCUT2D eigenvalue weighted by Gasteiger charge is -2.13. The molecule has 0 N–H and O–H groups in total. The number of aromatic nitrogens is 4. The van der Waals surface area contributed by atoms with Gasteiger partial charge < -0.3 is 28.1 Å². The van der Waals surface area contributed by atoms with Gasteiger partial charge in [-0.3, -0.25) is 19.6 Å². The van der Waals surface area contributed by atoms with E-state index in [-0.39, 0.29) is 22.6 Å². The number of rotatable bonds is 6. The maximum Gasteiger partial charge on any atom is 0.259 e. The molecule has 230 valence electrons. The highest BCUT2D eigenvalue weighted by Crippen LogP contribution is 2.36. The minimum Gasteiger partial charge on any atom is -0.497 e. The standard InChI is InChI=1S/C17H15FN2O3.C17H16N2O3/c1-20-9-13(11-4-5-19-8-12(11)17(20)21)10-6-14(22-2)16(18)15(7-10)23-3;1-19-10-16(14-4-5-18-9-15(14)17(19)20)11-6-12(21-2)8-13(7-11)22-3/h4-9H,1-3H3;4-10H,1-3H3. The molecule has 0 saturated carbocycles. The van der Waals surface area contributed by atoms with Crippen molar-refractivity contribution in [3.8, 4) is 45.3 Å². The first kappa shape index (κ1) is 30.7. The van der Waals surface area contributed by atoms with Crippen molar-refractivity contribution in [3.05, 3.63) is 106 Å². The zero-order valence-electron chi connectivity index (χ0n) is 25.6. The first-order chi connectivity index (χ1) is 21.7. The smallest absolute Gasteiger partial charge is 0.259 e. The Morgan fingerprint density at radius 1 is 0.600 bits per heavy atom. The molecule has 2 aromatic carbocycles. The second-order valence-corrected chi connectivity index (χ2v) is 10.1. The summed E-state index contributed by atoms with van der Waals surface area (Å²) in [6.45, 7) is 0. The molecule has 0 radical (unpaired) electrons. The summed E-state index contributed by atoms with van der Waals surface area (Å²) >= 11 is 0. The van der Waals surface area contributed by atoms with Crippen LogP contribution in [0.1, 0.15) is 0 Å². The molecule has 0 bridgehead atoms. The quantitative estimate of drug-likeness (QED) is 0.248. The maximum atomic E-state index is 14.1. The van der Waals surface area contributed by atoms with Gasteiger partial charge in [0.15, 0.2) is 11.5 Å². The largest absolute Gasteiger partial charge is 0.497 e. The van der Waals surface area contributed by atoms with E-state index in [2.05, 4.69) is 9.97 Å². The zero-order chi connectivity index (χ0) is 32.2. The van der Waals surface area contributed by atoms with E-state index in [9.17, 15) is 14.0 Å². The van der Waals surface area contributed by atoms with Crippen LogP contribution in [0.3, 0.4) is 0 Å². The minimum absolute atomic E-state index is 0.0679. The monoisotopic (exact) mass is 610 g/mol. The Kier molecular flexibility index (Phi) is 8.80. The molecule has 10 nitrogen and oxygen atoms in total. The molecule has 0 aliphatic rings. The molecule has 0 aliphatic carbocycles. The molecule has 0 aliphatic heterocycles. The van der Waals surface area contributed by atoms with E-state index < -0.39 is 5.82 Å². The molecular formula is C34H31FN4O6. The average molecular weight is 611 g/mol. The summed E-state index contributed by atoms with van der Waals surface area (Å²) in [5, 5.41) is 2.67.